The van der Waals surface area contributed by atoms with Crippen molar-refractivity contribution in [2.75, 3.05) is 19.6 Å². The number of hydrogen-bond acceptors (Lipinski definition) is 3. The zero-order valence-electron chi connectivity index (χ0n) is 12.3. The second kappa shape index (κ2) is 5.70. The van der Waals surface area contributed by atoms with E-state index in [1.54, 1.807) is 12.1 Å². The van der Waals surface area contributed by atoms with Gasteiger partial charge < -0.3 is 9.88 Å². The molecule has 4 nitrogen and oxygen atoms in total. The molecule has 1 unspecified atom stereocenters. The van der Waals surface area contributed by atoms with Crippen molar-refractivity contribution in [3.63, 3.8) is 0 Å². The van der Waals surface area contributed by atoms with Gasteiger partial charge in [0.2, 0.25) is 0 Å². The van der Waals surface area contributed by atoms with E-state index in [-0.39, 0.29) is 5.56 Å². The van der Waals surface area contributed by atoms with Crippen LogP contribution in [-0.2, 0) is 6.54 Å². The van der Waals surface area contributed by atoms with Gasteiger partial charge in [0.1, 0.15) is 0 Å². The SMILES string of the molecule is CC1CNC2(CCCC2)CN1CCn1ccccc1=O. The lowest BCUT2D eigenvalue weighted by Crippen LogP contribution is -2.62. The highest BCUT2D eigenvalue weighted by Gasteiger charge is 2.39. The molecule has 0 amide bonds. The van der Waals surface area contributed by atoms with Crippen molar-refractivity contribution in [3.8, 4) is 0 Å². The summed E-state index contributed by atoms with van der Waals surface area (Å²) in [5.74, 6) is 0. The fraction of sp³-hybridized carbons (Fsp3) is 0.688. The van der Waals surface area contributed by atoms with Crippen molar-refractivity contribution in [2.45, 2.75) is 50.7 Å². The first kappa shape index (κ1) is 13.8. The zero-order valence-corrected chi connectivity index (χ0v) is 12.3. The molecule has 1 spiro atoms. The Balaban J connectivity index is 1.63. The average Bonchev–Trinajstić information content (AvgIpc) is 2.90. The molecule has 1 saturated carbocycles. The van der Waals surface area contributed by atoms with Crippen molar-refractivity contribution < 1.29 is 0 Å². The molecular weight excluding hydrogens is 250 g/mol. The van der Waals surface area contributed by atoms with Crippen LogP contribution in [0, 0.1) is 0 Å². The number of pyridine rings is 1. The first-order chi connectivity index (χ1) is 9.69. The van der Waals surface area contributed by atoms with Gasteiger partial charge in [-0.3, -0.25) is 9.69 Å². The van der Waals surface area contributed by atoms with Crippen molar-refractivity contribution in [1.82, 2.24) is 14.8 Å². The summed E-state index contributed by atoms with van der Waals surface area (Å²) in [4.78, 5) is 14.3. The molecule has 0 radical (unpaired) electrons. The van der Waals surface area contributed by atoms with E-state index in [1.807, 2.05) is 16.8 Å². The maximum Gasteiger partial charge on any atom is 0.250 e. The van der Waals surface area contributed by atoms with Crippen molar-refractivity contribution in [3.05, 3.63) is 34.7 Å². The van der Waals surface area contributed by atoms with Crippen LogP contribution in [0.3, 0.4) is 0 Å². The Morgan fingerprint density at radius 1 is 1.30 bits per heavy atom. The van der Waals surface area contributed by atoms with E-state index in [0.29, 0.717) is 11.6 Å². The molecule has 2 fully saturated rings. The molecule has 110 valence electrons. The largest absolute Gasteiger partial charge is 0.314 e. The van der Waals surface area contributed by atoms with Gasteiger partial charge in [0.25, 0.3) is 5.56 Å². The second-order valence-electron chi connectivity index (χ2n) is 6.42. The number of nitrogens with zero attached hydrogens (tertiary/aromatic N) is 2. The predicted octanol–water partition coefficient (Wildman–Crippen LogP) is 1.45. The summed E-state index contributed by atoms with van der Waals surface area (Å²) < 4.78 is 1.82. The molecule has 4 heteroatoms. The van der Waals surface area contributed by atoms with Gasteiger partial charge in [-0.25, -0.2) is 0 Å². The van der Waals surface area contributed by atoms with E-state index < -0.39 is 0 Å². The quantitative estimate of drug-likeness (QED) is 0.907. The fourth-order valence-corrected chi connectivity index (χ4v) is 3.66. The summed E-state index contributed by atoms with van der Waals surface area (Å²) >= 11 is 0. The van der Waals surface area contributed by atoms with E-state index in [4.69, 9.17) is 0 Å². The van der Waals surface area contributed by atoms with Gasteiger partial charge in [-0.1, -0.05) is 18.9 Å². The van der Waals surface area contributed by atoms with Crippen molar-refractivity contribution in [1.29, 1.82) is 0 Å². The summed E-state index contributed by atoms with van der Waals surface area (Å²) in [6.07, 6.45) is 7.21. The molecule has 1 saturated heterocycles. The monoisotopic (exact) mass is 275 g/mol. The molecule has 2 aliphatic rings. The summed E-state index contributed by atoms with van der Waals surface area (Å²) in [5, 5.41) is 3.77. The van der Waals surface area contributed by atoms with Crippen LogP contribution in [0.5, 0.6) is 0 Å². The number of aromatic nitrogens is 1. The molecule has 3 rings (SSSR count). The van der Waals surface area contributed by atoms with Crippen molar-refractivity contribution >= 4 is 0 Å². The fourth-order valence-electron chi connectivity index (χ4n) is 3.66. The minimum atomic E-state index is 0.103. The van der Waals surface area contributed by atoms with Crippen LogP contribution in [0.25, 0.3) is 0 Å². The van der Waals surface area contributed by atoms with Crippen LogP contribution < -0.4 is 10.9 Å². The van der Waals surface area contributed by atoms with Crippen LogP contribution in [0.15, 0.2) is 29.2 Å². The predicted molar refractivity (Wildman–Crippen MR) is 80.9 cm³/mol. The lowest BCUT2D eigenvalue weighted by atomic mass is 9.92. The van der Waals surface area contributed by atoms with Gasteiger partial charge in [0, 0.05) is 50.0 Å². The highest BCUT2D eigenvalue weighted by Crippen LogP contribution is 2.32. The Kier molecular flexibility index (Phi) is 3.94. The Hall–Kier alpha value is -1.13. The topological polar surface area (TPSA) is 37.3 Å². The molecule has 1 atom stereocenters. The lowest BCUT2D eigenvalue weighted by molar-refractivity contribution is 0.0856. The molecule has 1 aromatic heterocycles. The first-order valence-corrected chi connectivity index (χ1v) is 7.83. The van der Waals surface area contributed by atoms with Crippen LogP contribution in [0.2, 0.25) is 0 Å². The van der Waals surface area contributed by atoms with E-state index in [1.165, 1.54) is 25.7 Å². The van der Waals surface area contributed by atoms with Crippen molar-refractivity contribution in [2.24, 2.45) is 0 Å². The average molecular weight is 275 g/mol. The summed E-state index contributed by atoms with van der Waals surface area (Å²) in [7, 11) is 0. The Labute approximate surface area is 120 Å². The van der Waals surface area contributed by atoms with Crippen LogP contribution >= 0.6 is 0 Å². The molecule has 1 aromatic rings. The smallest absolute Gasteiger partial charge is 0.250 e. The molecule has 1 aliphatic carbocycles. The van der Waals surface area contributed by atoms with E-state index >= 15 is 0 Å². The first-order valence-electron chi connectivity index (χ1n) is 7.83. The molecular formula is C16H25N3O. The minimum Gasteiger partial charge on any atom is -0.314 e. The van der Waals surface area contributed by atoms with Gasteiger partial charge in [-0.05, 0) is 25.8 Å². The zero-order chi connectivity index (χ0) is 14.0. The van der Waals surface area contributed by atoms with Gasteiger partial charge >= 0.3 is 0 Å². The Morgan fingerprint density at radius 2 is 2.10 bits per heavy atom. The Bertz CT molecular complexity index is 504. The number of hydrogen-bond donors (Lipinski definition) is 1. The van der Waals surface area contributed by atoms with Gasteiger partial charge in [0.05, 0.1) is 0 Å². The highest BCUT2D eigenvalue weighted by atomic mass is 16.1. The van der Waals surface area contributed by atoms with Crippen LogP contribution in [-0.4, -0.2) is 40.7 Å². The number of piperazine rings is 1. The Morgan fingerprint density at radius 3 is 2.85 bits per heavy atom. The van der Waals surface area contributed by atoms with E-state index in [0.717, 1.165) is 26.2 Å². The third kappa shape index (κ3) is 2.81. The summed E-state index contributed by atoms with van der Waals surface area (Å²) in [5.41, 5.74) is 0.458. The molecule has 1 aliphatic heterocycles. The van der Waals surface area contributed by atoms with E-state index in [9.17, 15) is 4.79 Å². The van der Waals surface area contributed by atoms with Gasteiger partial charge in [0.15, 0.2) is 0 Å². The maximum absolute atomic E-state index is 11.8. The third-order valence-electron chi connectivity index (χ3n) is 4.99. The van der Waals surface area contributed by atoms with Crippen LogP contribution in [0.4, 0.5) is 0 Å². The minimum absolute atomic E-state index is 0.103. The van der Waals surface area contributed by atoms with Gasteiger partial charge in [-0.15, -0.1) is 0 Å². The number of rotatable bonds is 3. The van der Waals surface area contributed by atoms with E-state index in [2.05, 4.69) is 17.1 Å². The molecule has 1 N–H and O–H groups in total. The lowest BCUT2D eigenvalue weighted by Gasteiger charge is -2.45. The summed E-state index contributed by atoms with van der Waals surface area (Å²) in [6, 6.07) is 5.93. The summed E-state index contributed by atoms with van der Waals surface area (Å²) in [6.45, 7) is 6.25. The molecule has 0 aromatic carbocycles. The standard InChI is InChI=1S/C16H25N3O/c1-14-12-17-16(7-3-4-8-16)13-19(14)11-10-18-9-5-2-6-15(18)20/h2,5-6,9,14,17H,3-4,7-8,10-13H2,1H3. The number of nitrogens with one attached hydrogen (secondary N) is 1. The molecule has 0 bridgehead atoms. The molecule has 2 heterocycles. The van der Waals surface area contributed by atoms with Gasteiger partial charge in [-0.2, -0.15) is 0 Å². The third-order valence-corrected chi connectivity index (χ3v) is 4.99. The maximum atomic E-state index is 11.8. The highest BCUT2D eigenvalue weighted by molar-refractivity contribution is 5.00. The van der Waals surface area contributed by atoms with Crippen LogP contribution in [0.1, 0.15) is 32.6 Å². The molecule has 20 heavy (non-hydrogen) atoms. The normalized spacial score (nSPS) is 26.1. The second-order valence-corrected chi connectivity index (χ2v) is 6.42.